The normalized spacial score (nSPS) is 11.0. The minimum absolute atomic E-state index is 0.202. The monoisotopic (exact) mass is 311 g/mol. The van der Waals surface area contributed by atoms with Crippen molar-refractivity contribution in [1.29, 1.82) is 0 Å². The van der Waals surface area contributed by atoms with Crippen molar-refractivity contribution in [2.45, 2.75) is 27.3 Å². The van der Waals surface area contributed by atoms with Gasteiger partial charge in [-0.05, 0) is 17.7 Å². The number of ketones is 1. The van der Waals surface area contributed by atoms with Gasteiger partial charge in [0, 0.05) is 12.0 Å². The van der Waals surface area contributed by atoms with E-state index in [9.17, 15) is 4.79 Å². The van der Waals surface area contributed by atoms with Crippen molar-refractivity contribution in [3.63, 3.8) is 0 Å². The summed E-state index contributed by atoms with van der Waals surface area (Å²) in [5.74, 6) is 1.44. The Bertz CT molecular complexity index is 481. The maximum atomic E-state index is 11.8. The van der Waals surface area contributed by atoms with Gasteiger partial charge in [-0.2, -0.15) is 0 Å². The fourth-order valence-corrected chi connectivity index (χ4v) is 2.47. The highest BCUT2D eigenvalue weighted by Crippen LogP contribution is 2.18. The summed E-state index contributed by atoms with van der Waals surface area (Å²) < 4.78 is 5.81. The van der Waals surface area contributed by atoms with Gasteiger partial charge in [-0.1, -0.05) is 56.9 Å². The number of Topliss-reactive ketones (excluding diaryl/α,β-unsaturated/α-hetero) is 1. The first-order valence-corrected chi connectivity index (χ1v) is 7.79. The maximum Gasteiger partial charge on any atom is 0.148 e. The van der Waals surface area contributed by atoms with E-state index in [4.69, 9.17) is 17.0 Å². The first-order chi connectivity index (χ1) is 9.32. The lowest BCUT2D eigenvalue weighted by Gasteiger charge is -2.16. The molecule has 0 amide bonds. The molecule has 5 heteroatoms. The van der Waals surface area contributed by atoms with E-state index in [1.807, 2.05) is 45.0 Å². The van der Waals surface area contributed by atoms with Gasteiger partial charge < -0.3 is 10.1 Å². The summed E-state index contributed by atoms with van der Waals surface area (Å²) >= 11 is 6.60. The molecule has 0 aliphatic heterocycles. The molecule has 0 fully saturated rings. The number of rotatable bonds is 5. The van der Waals surface area contributed by atoms with Crippen LogP contribution in [-0.2, 0) is 11.3 Å². The Morgan fingerprint density at radius 2 is 2.10 bits per heavy atom. The molecular weight excluding hydrogens is 290 g/mol. The molecule has 1 rings (SSSR count). The zero-order valence-corrected chi connectivity index (χ0v) is 14.0. The number of hydrogen-bond acceptors (Lipinski definition) is 4. The minimum atomic E-state index is -0.310. The number of nitrogens with one attached hydrogen (secondary N) is 1. The van der Waals surface area contributed by atoms with Crippen LogP contribution in [0.4, 0.5) is 0 Å². The molecule has 20 heavy (non-hydrogen) atoms. The fourth-order valence-electron chi connectivity index (χ4n) is 1.36. The molecular formula is C15H21NO2S2. The van der Waals surface area contributed by atoms with Crippen LogP contribution in [0.5, 0.6) is 5.75 Å². The molecule has 1 aromatic rings. The quantitative estimate of drug-likeness (QED) is 0.844. The SMILES string of the molecule is COc1cccc(CNC(=S)SCC(=O)C(C)(C)C)c1. The van der Waals surface area contributed by atoms with Crippen molar-refractivity contribution >= 4 is 34.1 Å². The van der Waals surface area contributed by atoms with E-state index in [0.29, 0.717) is 16.6 Å². The number of benzene rings is 1. The number of thioether (sulfide) groups is 1. The van der Waals surface area contributed by atoms with Gasteiger partial charge >= 0.3 is 0 Å². The summed E-state index contributed by atoms with van der Waals surface area (Å²) in [6.45, 7) is 6.39. The van der Waals surface area contributed by atoms with E-state index >= 15 is 0 Å². The molecule has 0 bridgehead atoms. The largest absolute Gasteiger partial charge is 0.497 e. The highest BCUT2D eigenvalue weighted by molar-refractivity contribution is 8.23. The minimum Gasteiger partial charge on any atom is -0.497 e. The van der Waals surface area contributed by atoms with Gasteiger partial charge in [-0.3, -0.25) is 4.79 Å². The first kappa shape index (κ1) is 17.0. The van der Waals surface area contributed by atoms with Crippen LogP contribution in [0.15, 0.2) is 24.3 Å². The number of hydrogen-bond donors (Lipinski definition) is 1. The summed E-state index contributed by atoms with van der Waals surface area (Å²) in [7, 11) is 1.64. The molecule has 1 aromatic carbocycles. The third kappa shape index (κ3) is 5.92. The van der Waals surface area contributed by atoms with Gasteiger partial charge in [0.05, 0.1) is 12.9 Å². The van der Waals surface area contributed by atoms with Crippen LogP contribution in [-0.4, -0.2) is 23.0 Å². The van der Waals surface area contributed by atoms with Crippen LogP contribution in [0.1, 0.15) is 26.3 Å². The molecule has 0 spiro atoms. The molecule has 110 valence electrons. The summed E-state index contributed by atoms with van der Waals surface area (Å²) in [6.07, 6.45) is 0. The zero-order valence-electron chi connectivity index (χ0n) is 12.4. The molecule has 0 heterocycles. The van der Waals surface area contributed by atoms with Crippen molar-refractivity contribution < 1.29 is 9.53 Å². The molecule has 1 N–H and O–H groups in total. The van der Waals surface area contributed by atoms with Crippen molar-refractivity contribution in [3.8, 4) is 5.75 Å². The Labute approximate surface area is 130 Å². The number of thiocarbonyl (C=S) groups is 1. The number of ether oxygens (including phenoxy) is 1. The highest BCUT2D eigenvalue weighted by Gasteiger charge is 2.21. The van der Waals surface area contributed by atoms with Gasteiger partial charge in [-0.25, -0.2) is 0 Å². The lowest BCUT2D eigenvalue weighted by Crippen LogP contribution is -2.25. The lowest BCUT2D eigenvalue weighted by atomic mass is 9.92. The standard InChI is InChI=1S/C15H21NO2S2/c1-15(2,3)13(17)10-20-14(19)16-9-11-6-5-7-12(8-11)18-4/h5-8H,9-10H2,1-4H3,(H,16,19). The van der Waals surface area contributed by atoms with Crippen molar-refractivity contribution in [2.24, 2.45) is 5.41 Å². The van der Waals surface area contributed by atoms with Crippen LogP contribution in [0.3, 0.4) is 0 Å². The molecule has 0 aliphatic rings. The maximum absolute atomic E-state index is 11.8. The van der Waals surface area contributed by atoms with E-state index in [1.54, 1.807) is 7.11 Å². The van der Waals surface area contributed by atoms with Crippen LogP contribution < -0.4 is 10.1 Å². The van der Waals surface area contributed by atoms with Gasteiger partial charge in [0.15, 0.2) is 0 Å². The first-order valence-electron chi connectivity index (χ1n) is 6.40. The van der Waals surface area contributed by atoms with Crippen LogP contribution in [0, 0.1) is 5.41 Å². The summed E-state index contributed by atoms with van der Waals surface area (Å²) in [4.78, 5) is 11.8. The Balaban J connectivity index is 2.38. The molecule has 0 unspecified atom stereocenters. The smallest absolute Gasteiger partial charge is 0.148 e. The second-order valence-electron chi connectivity index (χ2n) is 5.45. The van der Waals surface area contributed by atoms with Gasteiger partial charge in [0.2, 0.25) is 0 Å². The Hall–Kier alpha value is -1.07. The number of methoxy groups -OCH3 is 1. The Morgan fingerprint density at radius 3 is 2.70 bits per heavy atom. The van der Waals surface area contributed by atoms with Crippen LogP contribution >= 0.6 is 24.0 Å². The van der Waals surface area contributed by atoms with Crippen molar-refractivity contribution in [1.82, 2.24) is 5.32 Å². The average molecular weight is 311 g/mol. The highest BCUT2D eigenvalue weighted by atomic mass is 32.2. The second-order valence-corrected chi connectivity index (χ2v) is 7.11. The van der Waals surface area contributed by atoms with Gasteiger partial charge in [0.1, 0.15) is 15.9 Å². The summed E-state index contributed by atoms with van der Waals surface area (Å²) in [5, 5.41) is 3.14. The van der Waals surface area contributed by atoms with Crippen LogP contribution in [0.2, 0.25) is 0 Å². The summed E-state index contributed by atoms with van der Waals surface area (Å²) in [6, 6.07) is 7.80. The van der Waals surface area contributed by atoms with Crippen molar-refractivity contribution in [3.05, 3.63) is 29.8 Å². The van der Waals surface area contributed by atoms with Gasteiger partial charge in [-0.15, -0.1) is 0 Å². The molecule has 0 saturated heterocycles. The molecule has 0 aliphatic carbocycles. The summed E-state index contributed by atoms with van der Waals surface area (Å²) in [5.41, 5.74) is 0.782. The number of carbonyl (C=O) groups is 1. The lowest BCUT2D eigenvalue weighted by molar-refractivity contribution is -0.123. The van der Waals surface area contributed by atoms with E-state index in [2.05, 4.69) is 5.32 Å². The molecule has 0 atom stereocenters. The molecule has 3 nitrogen and oxygen atoms in total. The third-order valence-corrected chi connectivity index (χ3v) is 4.05. The second kappa shape index (κ2) is 7.64. The Kier molecular flexibility index (Phi) is 6.49. The third-order valence-electron chi connectivity index (χ3n) is 2.74. The fraction of sp³-hybridized carbons (Fsp3) is 0.467. The molecule has 0 radical (unpaired) electrons. The Morgan fingerprint density at radius 1 is 1.40 bits per heavy atom. The predicted octanol–water partition coefficient (Wildman–Crippen LogP) is 3.42. The molecule has 0 aromatic heterocycles. The van der Waals surface area contributed by atoms with E-state index in [-0.39, 0.29) is 11.2 Å². The van der Waals surface area contributed by atoms with E-state index < -0.39 is 0 Å². The average Bonchev–Trinajstić information content (AvgIpc) is 2.41. The van der Waals surface area contributed by atoms with Gasteiger partial charge in [0.25, 0.3) is 0 Å². The van der Waals surface area contributed by atoms with Crippen molar-refractivity contribution in [2.75, 3.05) is 12.9 Å². The molecule has 0 saturated carbocycles. The predicted molar refractivity (Wildman–Crippen MR) is 89.4 cm³/mol. The topological polar surface area (TPSA) is 38.3 Å². The van der Waals surface area contributed by atoms with Crippen LogP contribution in [0.25, 0.3) is 0 Å². The zero-order chi connectivity index (χ0) is 15.2. The van der Waals surface area contributed by atoms with E-state index in [0.717, 1.165) is 11.3 Å². The van der Waals surface area contributed by atoms with E-state index in [1.165, 1.54) is 11.8 Å². The number of carbonyl (C=O) groups excluding carboxylic acids is 1.